The van der Waals surface area contributed by atoms with Crippen molar-refractivity contribution in [2.24, 2.45) is 5.14 Å². The fourth-order valence-electron chi connectivity index (χ4n) is 3.11. The third-order valence-electron chi connectivity index (χ3n) is 4.58. The van der Waals surface area contributed by atoms with Gasteiger partial charge in [0.2, 0.25) is 10.0 Å². The Morgan fingerprint density at radius 2 is 1.90 bits per heavy atom. The smallest absolute Gasteiger partial charge is 0.263 e. The van der Waals surface area contributed by atoms with E-state index < -0.39 is 15.9 Å². The topological polar surface area (TPSA) is 137 Å². The average molecular weight is 456 g/mol. The number of nitrogens with zero attached hydrogens (tertiary/aromatic N) is 3. The van der Waals surface area contributed by atoms with E-state index in [4.69, 9.17) is 5.14 Å². The van der Waals surface area contributed by atoms with E-state index in [9.17, 15) is 18.0 Å². The van der Waals surface area contributed by atoms with Gasteiger partial charge in [0, 0.05) is 16.8 Å². The van der Waals surface area contributed by atoms with Crippen molar-refractivity contribution in [3.05, 3.63) is 81.5 Å². The lowest BCUT2D eigenvalue weighted by Crippen LogP contribution is -2.23. The van der Waals surface area contributed by atoms with E-state index in [1.807, 2.05) is 6.07 Å². The van der Waals surface area contributed by atoms with E-state index in [1.54, 1.807) is 25.3 Å². The zero-order valence-electron chi connectivity index (χ0n) is 16.3. The maximum absolute atomic E-state index is 13.1. The Hall–Kier alpha value is -3.41. The predicted octanol–water partition coefficient (Wildman–Crippen LogP) is 2.11. The van der Waals surface area contributed by atoms with Gasteiger partial charge in [-0.05, 0) is 43.3 Å². The standard InChI is InChI=1S/C20H17N5O4S2/c1-12-16(18(26)24-13-5-7-15(8-6-13)31(21,28)29)17-19(30-12)23-11-25(20(17)27)10-14-4-2-3-9-22-14/h2-9,11H,10H2,1H3,(H,24,26)(H2,21,28,29). The number of sulfonamides is 1. The van der Waals surface area contributed by atoms with Crippen molar-refractivity contribution in [3.63, 3.8) is 0 Å². The molecule has 3 heterocycles. The molecule has 11 heteroatoms. The van der Waals surface area contributed by atoms with E-state index in [1.165, 1.54) is 46.5 Å². The molecule has 0 radical (unpaired) electrons. The Labute approximate surface area is 181 Å². The number of benzene rings is 1. The minimum Gasteiger partial charge on any atom is -0.322 e. The molecule has 158 valence electrons. The third-order valence-corrected chi connectivity index (χ3v) is 6.52. The molecule has 4 aromatic rings. The summed E-state index contributed by atoms with van der Waals surface area (Å²) in [7, 11) is -3.83. The third kappa shape index (κ3) is 4.24. The molecular weight excluding hydrogens is 438 g/mol. The van der Waals surface area contributed by atoms with Crippen LogP contribution >= 0.6 is 11.3 Å². The van der Waals surface area contributed by atoms with E-state index in [0.29, 0.717) is 21.1 Å². The molecule has 0 aliphatic carbocycles. The number of aromatic nitrogens is 3. The first-order chi connectivity index (χ1) is 14.7. The first kappa shape index (κ1) is 20.8. The van der Waals surface area contributed by atoms with Crippen LogP contribution < -0.4 is 16.0 Å². The summed E-state index contributed by atoms with van der Waals surface area (Å²) in [5, 5.41) is 8.02. The average Bonchev–Trinajstić information content (AvgIpc) is 3.07. The fraction of sp³-hybridized carbons (Fsp3) is 0.100. The Balaban J connectivity index is 1.69. The largest absolute Gasteiger partial charge is 0.322 e. The van der Waals surface area contributed by atoms with Crippen LogP contribution in [-0.4, -0.2) is 28.9 Å². The summed E-state index contributed by atoms with van der Waals surface area (Å²) in [6.07, 6.45) is 3.09. The van der Waals surface area contributed by atoms with Gasteiger partial charge in [0.05, 0.1) is 34.4 Å². The van der Waals surface area contributed by atoms with Gasteiger partial charge in [-0.25, -0.2) is 18.5 Å². The summed E-state index contributed by atoms with van der Waals surface area (Å²) in [6.45, 7) is 1.97. The monoisotopic (exact) mass is 455 g/mol. The molecular formula is C20H17N5O4S2. The number of nitrogens with one attached hydrogen (secondary N) is 1. The Kier molecular flexibility index (Phi) is 5.39. The van der Waals surface area contributed by atoms with Crippen LogP contribution in [0.2, 0.25) is 0 Å². The van der Waals surface area contributed by atoms with E-state index in [2.05, 4.69) is 15.3 Å². The molecule has 31 heavy (non-hydrogen) atoms. The second-order valence-electron chi connectivity index (χ2n) is 6.74. The van der Waals surface area contributed by atoms with Crippen molar-refractivity contribution in [3.8, 4) is 0 Å². The minimum absolute atomic E-state index is 0.0655. The number of nitrogens with two attached hydrogens (primary N) is 1. The van der Waals surface area contributed by atoms with Crippen LogP contribution in [0.1, 0.15) is 20.9 Å². The van der Waals surface area contributed by atoms with Crippen molar-refractivity contribution in [1.82, 2.24) is 14.5 Å². The summed E-state index contributed by atoms with van der Waals surface area (Å²) in [4.78, 5) is 35.7. The van der Waals surface area contributed by atoms with E-state index in [-0.39, 0.29) is 27.9 Å². The highest BCUT2D eigenvalue weighted by molar-refractivity contribution is 7.89. The molecule has 1 aromatic carbocycles. The zero-order valence-corrected chi connectivity index (χ0v) is 17.9. The highest BCUT2D eigenvalue weighted by atomic mass is 32.2. The molecule has 0 saturated carbocycles. The minimum atomic E-state index is -3.83. The van der Waals surface area contributed by atoms with Crippen molar-refractivity contribution >= 4 is 43.2 Å². The fourth-order valence-corrected chi connectivity index (χ4v) is 4.60. The van der Waals surface area contributed by atoms with Crippen LogP contribution in [0.3, 0.4) is 0 Å². The number of hydrogen-bond acceptors (Lipinski definition) is 7. The Morgan fingerprint density at radius 1 is 1.16 bits per heavy atom. The molecule has 0 bridgehead atoms. The van der Waals surface area contributed by atoms with E-state index >= 15 is 0 Å². The van der Waals surface area contributed by atoms with E-state index in [0.717, 1.165) is 0 Å². The number of anilines is 1. The Bertz CT molecular complexity index is 1440. The molecule has 9 nitrogen and oxygen atoms in total. The number of aryl methyl sites for hydroxylation is 1. The highest BCUT2D eigenvalue weighted by Gasteiger charge is 2.21. The van der Waals surface area contributed by atoms with Gasteiger partial charge in [-0.3, -0.25) is 19.1 Å². The van der Waals surface area contributed by atoms with Crippen molar-refractivity contribution in [2.45, 2.75) is 18.4 Å². The van der Waals surface area contributed by atoms with Gasteiger partial charge in [-0.2, -0.15) is 0 Å². The quantitative estimate of drug-likeness (QED) is 0.473. The molecule has 3 N–H and O–H groups in total. The number of thiophene rings is 1. The number of amides is 1. The van der Waals surface area contributed by atoms with Crippen LogP contribution in [0.5, 0.6) is 0 Å². The number of rotatable bonds is 5. The molecule has 0 aliphatic rings. The molecule has 0 aliphatic heterocycles. The van der Waals surface area contributed by atoms with Gasteiger partial charge in [0.1, 0.15) is 4.83 Å². The summed E-state index contributed by atoms with van der Waals surface area (Å²) in [5.41, 5.74) is 0.964. The Morgan fingerprint density at radius 3 is 2.55 bits per heavy atom. The molecule has 0 fully saturated rings. The van der Waals surface area contributed by atoms with Crippen molar-refractivity contribution in [1.29, 1.82) is 0 Å². The predicted molar refractivity (Wildman–Crippen MR) is 118 cm³/mol. The van der Waals surface area contributed by atoms with Gasteiger partial charge in [-0.15, -0.1) is 11.3 Å². The summed E-state index contributed by atoms with van der Waals surface area (Å²) in [5.74, 6) is -0.485. The van der Waals surface area contributed by atoms with Crippen LogP contribution in [0.4, 0.5) is 5.69 Å². The molecule has 0 spiro atoms. The van der Waals surface area contributed by atoms with Crippen molar-refractivity contribution in [2.75, 3.05) is 5.32 Å². The number of hydrogen-bond donors (Lipinski definition) is 2. The first-order valence-corrected chi connectivity index (χ1v) is 11.4. The molecule has 3 aromatic heterocycles. The van der Waals surface area contributed by atoms with Gasteiger partial charge < -0.3 is 5.32 Å². The lowest BCUT2D eigenvalue weighted by Gasteiger charge is -2.08. The summed E-state index contributed by atoms with van der Waals surface area (Å²) in [6, 6.07) is 10.9. The second kappa shape index (κ2) is 8.02. The second-order valence-corrected chi connectivity index (χ2v) is 9.50. The molecule has 4 rings (SSSR count). The number of fused-ring (bicyclic) bond motifs is 1. The van der Waals surface area contributed by atoms with Crippen LogP contribution in [-0.2, 0) is 16.6 Å². The maximum Gasteiger partial charge on any atom is 0.263 e. The summed E-state index contributed by atoms with van der Waals surface area (Å²) >= 11 is 1.26. The molecule has 0 atom stereocenters. The lowest BCUT2D eigenvalue weighted by molar-refractivity contribution is 0.102. The van der Waals surface area contributed by atoms with Crippen LogP contribution in [0.15, 0.2) is 64.7 Å². The number of pyridine rings is 1. The molecule has 1 amide bonds. The van der Waals surface area contributed by atoms with Gasteiger partial charge in [0.15, 0.2) is 0 Å². The normalized spacial score (nSPS) is 11.5. The first-order valence-electron chi connectivity index (χ1n) is 9.06. The van der Waals surface area contributed by atoms with Gasteiger partial charge in [0.25, 0.3) is 11.5 Å². The SMILES string of the molecule is Cc1sc2ncn(Cc3ccccn3)c(=O)c2c1C(=O)Nc1ccc(S(N)(=O)=O)cc1. The van der Waals surface area contributed by atoms with Crippen molar-refractivity contribution < 1.29 is 13.2 Å². The highest BCUT2D eigenvalue weighted by Crippen LogP contribution is 2.27. The number of primary sulfonamides is 1. The molecule has 0 saturated heterocycles. The zero-order chi connectivity index (χ0) is 22.2. The number of carbonyl (C=O) groups is 1. The maximum atomic E-state index is 13.1. The van der Waals surface area contributed by atoms with Gasteiger partial charge in [-0.1, -0.05) is 6.07 Å². The van der Waals surface area contributed by atoms with Crippen LogP contribution in [0, 0.1) is 6.92 Å². The van der Waals surface area contributed by atoms with Crippen LogP contribution in [0.25, 0.3) is 10.2 Å². The molecule has 0 unspecified atom stereocenters. The summed E-state index contributed by atoms with van der Waals surface area (Å²) < 4.78 is 24.2. The number of carbonyl (C=O) groups excluding carboxylic acids is 1. The lowest BCUT2D eigenvalue weighted by atomic mass is 10.1. The van der Waals surface area contributed by atoms with Gasteiger partial charge >= 0.3 is 0 Å².